The number of rotatable bonds is 5. The topological polar surface area (TPSA) is 56.4 Å². The molecule has 0 radical (unpaired) electrons. The van der Waals surface area contributed by atoms with Crippen LogP contribution in [0.15, 0.2) is 42.5 Å². The van der Waals surface area contributed by atoms with E-state index in [4.69, 9.17) is 9.47 Å². The van der Waals surface area contributed by atoms with Crippen molar-refractivity contribution >= 4 is 11.6 Å². The second-order valence-electron chi connectivity index (χ2n) is 7.46. The van der Waals surface area contributed by atoms with Crippen LogP contribution in [-0.4, -0.2) is 45.4 Å². The molecular formula is C21H27N3O3+2. The van der Waals surface area contributed by atoms with Gasteiger partial charge in [-0.2, -0.15) is 0 Å². The molecule has 1 fully saturated rings. The quantitative estimate of drug-likeness (QED) is 0.675. The maximum atomic E-state index is 12.3. The third-order valence-electron chi connectivity index (χ3n) is 5.27. The van der Waals surface area contributed by atoms with Crippen LogP contribution in [0.2, 0.25) is 0 Å². The van der Waals surface area contributed by atoms with Gasteiger partial charge >= 0.3 is 0 Å². The van der Waals surface area contributed by atoms with Gasteiger partial charge in [0.15, 0.2) is 18.0 Å². The maximum absolute atomic E-state index is 12.3. The Bertz CT molecular complexity index is 816. The summed E-state index contributed by atoms with van der Waals surface area (Å²) in [5, 5.41) is 3.01. The molecule has 4 rings (SSSR count). The molecule has 6 nitrogen and oxygen atoms in total. The minimum atomic E-state index is 0.0924. The number of carbonyl (C=O) groups excluding carboxylic acids is 1. The number of nitrogens with one attached hydrogen (secondary N) is 3. The minimum absolute atomic E-state index is 0.0924. The van der Waals surface area contributed by atoms with Gasteiger partial charge < -0.3 is 24.6 Å². The summed E-state index contributed by atoms with van der Waals surface area (Å²) in [6.07, 6.45) is 0. The zero-order valence-corrected chi connectivity index (χ0v) is 15.7. The van der Waals surface area contributed by atoms with Gasteiger partial charge in [0.25, 0.3) is 5.91 Å². The Kier molecular flexibility index (Phi) is 5.27. The molecule has 0 bridgehead atoms. The summed E-state index contributed by atoms with van der Waals surface area (Å²) in [4.78, 5) is 15.2. The summed E-state index contributed by atoms with van der Waals surface area (Å²) in [5.41, 5.74) is 3.31. The average molecular weight is 369 g/mol. The lowest BCUT2D eigenvalue weighted by molar-refractivity contribution is -1.02. The number of hydrogen-bond donors (Lipinski definition) is 3. The maximum Gasteiger partial charge on any atom is 0.279 e. The van der Waals surface area contributed by atoms with E-state index in [0.29, 0.717) is 13.3 Å². The molecule has 0 aliphatic carbocycles. The molecule has 27 heavy (non-hydrogen) atoms. The standard InChI is InChI=1S/C21H25N3O3/c1-16-3-2-4-18(11-16)22-21(25)14-24-9-7-23(8-10-24)13-17-5-6-19-20(12-17)27-15-26-19/h2-6,11-12H,7-10,13-15H2,1H3,(H,22,25)/p+2. The van der Waals surface area contributed by atoms with E-state index in [1.54, 1.807) is 4.90 Å². The Labute approximate surface area is 159 Å². The smallest absolute Gasteiger partial charge is 0.279 e. The van der Waals surface area contributed by atoms with Gasteiger partial charge in [-0.25, -0.2) is 0 Å². The van der Waals surface area contributed by atoms with E-state index in [2.05, 4.69) is 17.4 Å². The normalized spacial score (nSPS) is 21.1. The molecule has 0 aromatic heterocycles. The predicted octanol–water partition coefficient (Wildman–Crippen LogP) is -0.354. The van der Waals surface area contributed by atoms with Crippen LogP contribution in [0.5, 0.6) is 11.5 Å². The van der Waals surface area contributed by atoms with Gasteiger partial charge in [0.1, 0.15) is 32.7 Å². The first-order valence-electron chi connectivity index (χ1n) is 9.58. The van der Waals surface area contributed by atoms with Crippen molar-refractivity contribution in [2.75, 3.05) is 44.8 Å². The van der Waals surface area contributed by atoms with E-state index >= 15 is 0 Å². The summed E-state index contributed by atoms with van der Waals surface area (Å²) in [6.45, 7) is 8.04. The largest absolute Gasteiger partial charge is 0.454 e. The van der Waals surface area contributed by atoms with E-state index in [9.17, 15) is 4.79 Å². The van der Waals surface area contributed by atoms with Gasteiger partial charge in [0.05, 0.1) is 0 Å². The molecule has 6 heteroatoms. The van der Waals surface area contributed by atoms with Gasteiger partial charge in [0, 0.05) is 11.3 Å². The Morgan fingerprint density at radius 2 is 1.78 bits per heavy atom. The molecule has 0 spiro atoms. The number of amides is 1. The SMILES string of the molecule is Cc1cccc(NC(=O)C[NH+]2CC[NH+](Cc3ccc4c(c3)OCO4)CC2)c1. The number of hydrogen-bond acceptors (Lipinski definition) is 3. The molecule has 142 valence electrons. The van der Waals surface area contributed by atoms with Gasteiger partial charge in [-0.15, -0.1) is 0 Å². The van der Waals surface area contributed by atoms with Crippen molar-refractivity contribution in [3.05, 3.63) is 53.6 Å². The van der Waals surface area contributed by atoms with Gasteiger partial charge in [-0.05, 0) is 42.8 Å². The predicted molar refractivity (Wildman–Crippen MR) is 102 cm³/mol. The number of benzene rings is 2. The minimum Gasteiger partial charge on any atom is -0.454 e. The third kappa shape index (κ3) is 4.59. The summed E-state index contributed by atoms with van der Waals surface area (Å²) >= 11 is 0. The average Bonchev–Trinajstić information content (AvgIpc) is 3.11. The molecule has 1 saturated heterocycles. The van der Waals surface area contributed by atoms with Crippen molar-refractivity contribution in [3.63, 3.8) is 0 Å². The Morgan fingerprint density at radius 3 is 2.59 bits per heavy atom. The molecule has 1 amide bonds. The zero-order valence-electron chi connectivity index (χ0n) is 15.7. The van der Waals surface area contributed by atoms with Crippen LogP contribution < -0.4 is 24.6 Å². The second-order valence-corrected chi connectivity index (χ2v) is 7.46. The van der Waals surface area contributed by atoms with Crippen LogP contribution in [0.3, 0.4) is 0 Å². The third-order valence-corrected chi connectivity index (χ3v) is 5.27. The molecule has 0 atom stereocenters. The number of quaternary nitrogens is 2. The fourth-order valence-corrected chi connectivity index (χ4v) is 3.81. The summed E-state index contributed by atoms with van der Waals surface area (Å²) < 4.78 is 10.8. The van der Waals surface area contributed by atoms with Crippen molar-refractivity contribution in [1.29, 1.82) is 0 Å². The first-order valence-corrected chi connectivity index (χ1v) is 9.58. The van der Waals surface area contributed by atoms with Crippen molar-refractivity contribution in [3.8, 4) is 11.5 Å². The second kappa shape index (κ2) is 7.98. The molecule has 3 N–H and O–H groups in total. The summed E-state index contributed by atoms with van der Waals surface area (Å²) in [6, 6.07) is 14.1. The zero-order chi connectivity index (χ0) is 18.6. The van der Waals surface area contributed by atoms with Crippen LogP contribution in [0.4, 0.5) is 5.69 Å². The fraction of sp³-hybridized carbons (Fsp3) is 0.381. The number of anilines is 1. The van der Waals surface area contributed by atoms with Crippen LogP contribution in [0, 0.1) is 6.92 Å². The molecule has 2 heterocycles. The highest BCUT2D eigenvalue weighted by Crippen LogP contribution is 2.32. The Hall–Kier alpha value is -2.57. The lowest BCUT2D eigenvalue weighted by Crippen LogP contribution is -3.28. The lowest BCUT2D eigenvalue weighted by atomic mass is 10.1. The number of carbonyl (C=O) groups is 1. The highest BCUT2D eigenvalue weighted by atomic mass is 16.7. The highest BCUT2D eigenvalue weighted by Gasteiger charge is 2.25. The molecule has 0 unspecified atom stereocenters. The molecular weight excluding hydrogens is 342 g/mol. The van der Waals surface area contributed by atoms with E-state index in [-0.39, 0.29) is 5.91 Å². The molecule has 2 aromatic carbocycles. The number of fused-ring (bicyclic) bond motifs is 1. The van der Waals surface area contributed by atoms with Gasteiger partial charge in [-0.3, -0.25) is 4.79 Å². The molecule has 0 saturated carbocycles. The monoisotopic (exact) mass is 369 g/mol. The van der Waals surface area contributed by atoms with Crippen molar-refractivity contribution in [2.24, 2.45) is 0 Å². The number of piperazine rings is 1. The summed E-state index contributed by atoms with van der Waals surface area (Å²) in [5.74, 6) is 1.78. The highest BCUT2D eigenvalue weighted by molar-refractivity contribution is 5.91. The van der Waals surface area contributed by atoms with Crippen molar-refractivity contribution in [2.45, 2.75) is 13.5 Å². The van der Waals surface area contributed by atoms with Crippen LogP contribution in [0.25, 0.3) is 0 Å². The number of aryl methyl sites for hydroxylation is 1. The first kappa shape index (κ1) is 17.8. The molecule has 2 aliphatic heterocycles. The van der Waals surface area contributed by atoms with E-state index in [0.717, 1.165) is 55.5 Å². The van der Waals surface area contributed by atoms with Crippen molar-refractivity contribution in [1.82, 2.24) is 0 Å². The van der Waals surface area contributed by atoms with Crippen LogP contribution in [0.1, 0.15) is 11.1 Å². The molecule has 2 aliphatic rings. The van der Waals surface area contributed by atoms with Gasteiger partial charge in [-0.1, -0.05) is 12.1 Å². The Morgan fingerprint density at radius 1 is 1.00 bits per heavy atom. The van der Waals surface area contributed by atoms with E-state index < -0.39 is 0 Å². The van der Waals surface area contributed by atoms with Crippen molar-refractivity contribution < 1.29 is 24.1 Å². The molecule has 2 aromatic rings. The summed E-state index contributed by atoms with van der Waals surface area (Å²) in [7, 11) is 0. The first-order chi connectivity index (χ1) is 13.2. The van der Waals surface area contributed by atoms with E-state index in [1.807, 2.05) is 37.3 Å². The number of ether oxygens (including phenoxy) is 2. The van der Waals surface area contributed by atoms with Crippen LogP contribution >= 0.6 is 0 Å². The fourth-order valence-electron chi connectivity index (χ4n) is 3.81. The van der Waals surface area contributed by atoms with Gasteiger partial charge in [0.2, 0.25) is 6.79 Å². The van der Waals surface area contributed by atoms with E-state index in [1.165, 1.54) is 10.5 Å². The Balaban J connectivity index is 1.23. The van der Waals surface area contributed by atoms with Crippen LogP contribution in [-0.2, 0) is 11.3 Å². The lowest BCUT2D eigenvalue weighted by Gasteiger charge is -2.29.